The topological polar surface area (TPSA) is 96.6 Å². The monoisotopic (exact) mass is 449 g/mol. The number of hydrogen-bond acceptors (Lipinski definition) is 7. The maximum Gasteiger partial charge on any atom is 0.282 e. The lowest BCUT2D eigenvalue weighted by Gasteiger charge is -2.54. The second-order valence-electron chi connectivity index (χ2n) is 8.29. The van der Waals surface area contributed by atoms with Crippen molar-refractivity contribution in [1.29, 1.82) is 0 Å². The van der Waals surface area contributed by atoms with Gasteiger partial charge in [0, 0.05) is 37.7 Å². The molecule has 3 aromatic heterocycles. The molecule has 0 bridgehead atoms. The summed E-state index contributed by atoms with van der Waals surface area (Å²) in [4.78, 5) is 14.9. The molecule has 5 heterocycles. The molecule has 0 unspecified atom stereocenters. The van der Waals surface area contributed by atoms with Crippen molar-refractivity contribution >= 4 is 21.5 Å². The third kappa shape index (κ3) is 3.63. The van der Waals surface area contributed by atoms with Gasteiger partial charge in [-0.3, -0.25) is 0 Å². The second kappa shape index (κ2) is 7.16. The van der Waals surface area contributed by atoms with Gasteiger partial charge in [0.05, 0.1) is 18.1 Å². The molecule has 0 atom stereocenters. The highest BCUT2D eigenvalue weighted by atomic mass is 32.2. The van der Waals surface area contributed by atoms with Crippen molar-refractivity contribution < 1.29 is 17.2 Å². The molecule has 0 amide bonds. The van der Waals surface area contributed by atoms with Crippen molar-refractivity contribution in [2.45, 2.75) is 19.3 Å². The molecular weight excluding hydrogens is 428 g/mol. The van der Waals surface area contributed by atoms with Gasteiger partial charge in [-0.2, -0.15) is 5.10 Å². The van der Waals surface area contributed by atoms with Crippen LogP contribution in [-0.2, 0) is 10.0 Å². The first-order valence-corrected chi connectivity index (χ1v) is 11.7. The van der Waals surface area contributed by atoms with E-state index in [1.165, 1.54) is 29.2 Å². The average Bonchev–Trinajstić information content (AvgIpc) is 3.15. The summed E-state index contributed by atoms with van der Waals surface area (Å²) in [5.41, 5.74) is 1.07. The molecule has 164 valence electrons. The van der Waals surface area contributed by atoms with Crippen molar-refractivity contribution in [3.63, 3.8) is 0 Å². The fourth-order valence-electron chi connectivity index (χ4n) is 4.47. The molecule has 31 heavy (non-hydrogen) atoms. The smallest absolute Gasteiger partial charge is 0.282 e. The fraction of sp³-hybridized carbons (Fsp3) is 0.474. The molecule has 12 heteroatoms. The molecule has 0 N–H and O–H groups in total. The van der Waals surface area contributed by atoms with Gasteiger partial charge in [0.25, 0.3) is 6.43 Å². The number of fused-ring (bicyclic) bond motifs is 1. The Kier molecular flexibility index (Phi) is 4.66. The zero-order chi connectivity index (χ0) is 21.8. The summed E-state index contributed by atoms with van der Waals surface area (Å²) < 4.78 is 52.9. The Hall–Kier alpha value is -2.73. The Morgan fingerprint density at radius 3 is 2.68 bits per heavy atom. The minimum Gasteiger partial charge on any atom is -0.355 e. The van der Waals surface area contributed by atoms with Crippen molar-refractivity contribution in [3.05, 3.63) is 36.4 Å². The van der Waals surface area contributed by atoms with Crippen LogP contribution in [0.4, 0.5) is 14.6 Å². The maximum absolute atomic E-state index is 13.1. The van der Waals surface area contributed by atoms with Crippen molar-refractivity contribution in [3.8, 4) is 11.4 Å². The fourth-order valence-corrected chi connectivity index (χ4v) is 5.44. The Bertz CT molecular complexity index is 1240. The number of rotatable bonds is 4. The molecule has 3 aromatic rings. The molecule has 2 aliphatic rings. The number of anilines is 1. The molecule has 0 saturated carbocycles. The van der Waals surface area contributed by atoms with E-state index in [0.29, 0.717) is 49.0 Å². The number of alkyl halides is 2. The van der Waals surface area contributed by atoms with Gasteiger partial charge in [0.15, 0.2) is 5.65 Å². The SMILES string of the molecule is CS(=O)(=O)N1CCCC2(CN(c3cc(-c4cnc5ccc(C(F)F)nn45)ncn3)C2)C1. The van der Waals surface area contributed by atoms with Crippen LogP contribution in [0.2, 0.25) is 0 Å². The van der Waals surface area contributed by atoms with Gasteiger partial charge >= 0.3 is 0 Å². The molecule has 2 saturated heterocycles. The van der Waals surface area contributed by atoms with Gasteiger partial charge in [0.1, 0.15) is 23.5 Å². The van der Waals surface area contributed by atoms with Crippen LogP contribution in [0.1, 0.15) is 25.0 Å². The van der Waals surface area contributed by atoms with Gasteiger partial charge in [-0.25, -0.2) is 41.0 Å². The standard InChI is InChI=1S/C19H21F2N7O2S/c1-31(29,30)27-6-2-5-19(11-27)9-26(10-19)17-7-14(23-12-24-17)15-8-22-16-4-3-13(18(20)21)25-28(15)16/h3-4,7-8,12,18H,2,5-6,9-11H2,1H3. The molecule has 5 rings (SSSR count). The molecule has 0 aromatic carbocycles. The number of halogens is 2. The first kappa shape index (κ1) is 20.2. The molecule has 2 fully saturated rings. The Morgan fingerprint density at radius 1 is 1.13 bits per heavy atom. The maximum atomic E-state index is 13.1. The molecule has 2 aliphatic heterocycles. The van der Waals surface area contributed by atoms with Crippen LogP contribution >= 0.6 is 0 Å². The third-order valence-corrected chi connectivity index (χ3v) is 7.24. The van der Waals surface area contributed by atoms with Gasteiger partial charge in [-0.05, 0) is 25.0 Å². The van der Waals surface area contributed by atoms with Crippen LogP contribution < -0.4 is 4.90 Å². The zero-order valence-electron chi connectivity index (χ0n) is 16.8. The lowest BCUT2D eigenvalue weighted by atomic mass is 9.74. The Balaban J connectivity index is 1.39. The number of nitrogens with zero attached hydrogens (tertiary/aromatic N) is 7. The normalized spacial score (nSPS) is 19.3. The largest absolute Gasteiger partial charge is 0.355 e. The van der Waals surface area contributed by atoms with Gasteiger partial charge in [0.2, 0.25) is 10.0 Å². The van der Waals surface area contributed by atoms with Crippen molar-refractivity contribution in [2.24, 2.45) is 5.41 Å². The highest BCUT2D eigenvalue weighted by molar-refractivity contribution is 7.88. The minimum absolute atomic E-state index is 0.0660. The van der Waals surface area contributed by atoms with Gasteiger partial charge in [-0.1, -0.05) is 0 Å². The van der Waals surface area contributed by atoms with E-state index in [2.05, 4.69) is 25.0 Å². The van der Waals surface area contributed by atoms with Gasteiger partial charge < -0.3 is 4.90 Å². The van der Waals surface area contributed by atoms with Crippen molar-refractivity contribution in [2.75, 3.05) is 37.3 Å². The Morgan fingerprint density at radius 2 is 1.94 bits per heavy atom. The molecule has 1 spiro atoms. The Labute approximate surface area is 177 Å². The van der Waals surface area contributed by atoms with Crippen molar-refractivity contribution in [1.82, 2.24) is 28.9 Å². The summed E-state index contributed by atoms with van der Waals surface area (Å²) in [5, 5.41) is 3.99. The first-order chi connectivity index (χ1) is 14.7. The predicted molar refractivity (Wildman–Crippen MR) is 109 cm³/mol. The quantitative estimate of drug-likeness (QED) is 0.601. The van der Waals surface area contributed by atoms with Crippen LogP contribution in [0.15, 0.2) is 30.7 Å². The van der Waals surface area contributed by atoms with Crippen LogP contribution in [0.3, 0.4) is 0 Å². The molecule has 9 nitrogen and oxygen atoms in total. The highest BCUT2D eigenvalue weighted by Crippen LogP contribution is 2.41. The van der Waals surface area contributed by atoms with Crippen LogP contribution in [0.5, 0.6) is 0 Å². The van der Waals surface area contributed by atoms with E-state index in [1.54, 1.807) is 16.6 Å². The molecular formula is C19H21F2N7O2S. The van der Waals surface area contributed by atoms with E-state index in [0.717, 1.165) is 12.8 Å². The lowest BCUT2D eigenvalue weighted by molar-refractivity contribution is 0.108. The van der Waals surface area contributed by atoms with Gasteiger partial charge in [-0.15, -0.1) is 0 Å². The summed E-state index contributed by atoms with van der Waals surface area (Å²) in [6.45, 7) is 2.50. The third-order valence-electron chi connectivity index (χ3n) is 5.99. The average molecular weight is 449 g/mol. The number of sulfonamides is 1. The van der Waals surface area contributed by atoms with E-state index in [4.69, 9.17) is 0 Å². The number of imidazole rings is 1. The second-order valence-corrected chi connectivity index (χ2v) is 10.3. The summed E-state index contributed by atoms with van der Waals surface area (Å²) in [6, 6.07) is 4.53. The number of aromatic nitrogens is 5. The predicted octanol–water partition coefficient (Wildman–Crippen LogP) is 1.99. The van der Waals surface area contributed by atoms with Crippen LogP contribution in [0, 0.1) is 5.41 Å². The van der Waals surface area contributed by atoms with E-state index in [9.17, 15) is 17.2 Å². The number of hydrogen-bond donors (Lipinski definition) is 0. The summed E-state index contributed by atoms with van der Waals surface area (Å²) >= 11 is 0. The van der Waals surface area contributed by atoms with Crippen LogP contribution in [0.25, 0.3) is 17.0 Å². The molecule has 0 aliphatic carbocycles. The number of piperidine rings is 1. The lowest BCUT2D eigenvalue weighted by Crippen LogP contribution is -2.63. The van der Waals surface area contributed by atoms with E-state index in [-0.39, 0.29) is 11.1 Å². The first-order valence-electron chi connectivity index (χ1n) is 9.89. The van der Waals surface area contributed by atoms with E-state index >= 15 is 0 Å². The van der Waals surface area contributed by atoms with E-state index < -0.39 is 16.4 Å². The highest BCUT2D eigenvalue weighted by Gasteiger charge is 2.47. The zero-order valence-corrected chi connectivity index (χ0v) is 17.6. The summed E-state index contributed by atoms with van der Waals surface area (Å²) in [5.74, 6) is 0.701. The van der Waals surface area contributed by atoms with E-state index in [1.807, 2.05) is 0 Å². The van der Waals surface area contributed by atoms with Crippen LogP contribution in [-0.4, -0.2) is 69.7 Å². The minimum atomic E-state index is -3.20. The summed E-state index contributed by atoms with van der Waals surface area (Å²) in [6.07, 6.45) is 3.36. The molecule has 0 radical (unpaired) electrons. The summed E-state index contributed by atoms with van der Waals surface area (Å²) in [7, 11) is -3.20.